The van der Waals surface area contributed by atoms with Crippen molar-refractivity contribution in [2.45, 2.75) is 58.6 Å². The van der Waals surface area contributed by atoms with E-state index in [2.05, 4.69) is 31.5 Å². The van der Waals surface area contributed by atoms with Crippen LogP contribution < -0.4 is 4.74 Å². The molecule has 228 valence electrons. The number of fused-ring (bicyclic) bond motifs is 1. The molecule has 0 unspecified atom stereocenters. The van der Waals surface area contributed by atoms with E-state index in [1.165, 1.54) is 18.3 Å². The van der Waals surface area contributed by atoms with Gasteiger partial charge in [-0.25, -0.2) is 18.2 Å². The summed E-state index contributed by atoms with van der Waals surface area (Å²) in [4.78, 5) is 17.0. The van der Waals surface area contributed by atoms with Crippen molar-refractivity contribution >= 4 is 24.9 Å². The molecule has 0 spiro atoms. The fourth-order valence-electron chi connectivity index (χ4n) is 5.07. The van der Waals surface area contributed by atoms with Crippen LogP contribution in [-0.2, 0) is 27.4 Å². The highest BCUT2D eigenvalue weighted by Gasteiger charge is 2.33. The van der Waals surface area contributed by atoms with E-state index in [0.717, 1.165) is 18.2 Å². The molecule has 0 atom stereocenters. The van der Waals surface area contributed by atoms with E-state index in [4.69, 9.17) is 14.2 Å². The zero-order chi connectivity index (χ0) is 30.8. The van der Waals surface area contributed by atoms with Crippen molar-refractivity contribution < 1.29 is 32.2 Å². The molecule has 1 aliphatic rings. The van der Waals surface area contributed by atoms with Gasteiger partial charge < -0.3 is 18.8 Å². The maximum absolute atomic E-state index is 15.3. The topological polar surface area (TPSA) is 62.6 Å². The number of hydrogen-bond acceptors (Lipinski definition) is 5. The molecule has 6 nitrogen and oxygen atoms in total. The van der Waals surface area contributed by atoms with Gasteiger partial charge in [-0.2, -0.15) is 0 Å². The van der Waals surface area contributed by atoms with E-state index in [0.29, 0.717) is 54.8 Å². The molecule has 2 aromatic carbocycles. The van der Waals surface area contributed by atoms with Crippen LogP contribution in [0, 0.1) is 22.9 Å². The number of nitrogens with zero attached hydrogens (tertiary/aromatic N) is 2. The first-order chi connectivity index (χ1) is 20.4. The number of carbonyl (C=O) groups is 1. The van der Waals surface area contributed by atoms with Crippen molar-refractivity contribution in [2.24, 2.45) is 5.41 Å². The normalized spacial score (nSPS) is 14.6. The van der Waals surface area contributed by atoms with E-state index in [9.17, 15) is 9.18 Å². The second-order valence-corrected chi connectivity index (χ2v) is 18.5. The highest BCUT2D eigenvalue weighted by atomic mass is 28.3. The molecule has 1 saturated heterocycles. The molecule has 0 aliphatic carbocycles. The Morgan fingerprint density at radius 1 is 1.05 bits per heavy atom. The van der Waals surface area contributed by atoms with Gasteiger partial charge in [0.25, 0.3) is 0 Å². The zero-order valence-electron chi connectivity index (χ0n) is 25.0. The number of Topliss-reactive ketones (excluding diaryl/α,β-unsaturated/α-hetero) is 1. The van der Waals surface area contributed by atoms with Crippen molar-refractivity contribution in [3.8, 4) is 22.6 Å². The third kappa shape index (κ3) is 7.37. The Morgan fingerprint density at radius 2 is 1.77 bits per heavy atom. The maximum atomic E-state index is 15.3. The molecule has 0 N–H and O–H groups in total. The molecule has 0 amide bonds. The van der Waals surface area contributed by atoms with E-state index in [1.54, 1.807) is 29.0 Å². The highest BCUT2D eigenvalue weighted by Crippen LogP contribution is 2.40. The third-order valence-electron chi connectivity index (χ3n) is 7.69. The molecule has 5 rings (SSSR count). The average molecular weight is 611 g/mol. The number of halogens is 3. The van der Waals surface area contributed by atoms with Gasteiger partial charge >= 0.3 is 0 Å². The first kappa shape index (κ1) is 31.0. The summed E-state index contributed by atoms with van der Waals surface area (Å²) in [5.74, 6) is -2.92. The molecule has 1 fully saturated rings. The second-order valence-electron chi connectivity index (χ2n) is 12.9. The lowest BCUT2D eigenvalue weighted by Gasteiger charge is -2.37. The fourth-order valence-corrected chi connectivity index (χ4v) is 5.83. The molecule has 3 heterocycles. The van der Waals surface area contributed by atoms with Gasteiger partial charge in [0.15, 0.2) is 17.4 Å². The van der Waals surface area contributed by atoms with Gasteiger partial charge in [-0.1, -0.05) is 44.8 Å². The van der Waals surface area contributed by atoms with Gasteiger partial charge in [-0.15, -0.1) is 0 Å². The smallest absolute Gasteiger partial charge is 0.198 e. The van der Waals surface area contributed by atoms with Gasteiger partial charge in [0.1, 0.15) is 29.7 Å². The van der Waals surface area contributed by atoms with Crippen molar-refractivity contribution in [3.05, 3.63) is 77.9 Å². The molecule has 0 radical (unpaired) electrons. The van der Waals surface area contributed by atoms with Gasteiger partial charge in [0.2, 0.25) is 0 Å². The Kier molecular flexibility index (Phi) is 9.10. The molecule has 0 bridgehead atoms. The standard InChI is InChI=1S/C33H37F3N2O4Si/c1-33(19-41-20-33)11-9-23(39)15-22-16-27(35)31(28(36)17-22)42-29-10-12-37-32-30(29)25(24-7-5-6-8-26(24)34)18-38(32)21-40-13-14-43(2,3)4/h5-8,10,12,16-18H,9,11,13-15,19-21H2,1-4H3. The maximum Gasteiger partial charge on any atom is 0.198 e. The average Bonchev–Trinajstić information content (AvgIpc) is 3.30. The van der Waals surface area contributed by atoms with E-state index in [-0.39, 0.29) is 35.7 Å². The minimum atomic E-state index is -1.31. The quantitative estimate of drug-likeness (QED) is 0.113. The number of rotatable bonds is 13. The molecule has 2 aromatic heterocycles. The monoisotopic (exact) mass is 610 g/mol. The number of ether oxygens (including phenoxy) is 3. The minimum Gasteiger partial charge on any atom is -0.450 e. The van der Waals surface area contributed by atoms with Crippen LogP contribution >= 0.6 is 0 Å². The van der Waals surface area contributed by atoms with Crippen LogP contribution in [0.2, 0.25) is 25.7 Å². The number of ketones is 1. The molecular formula is C33H37F3N2O4Si. The number of aromatic nitrogens is 2. The van der Waals surface area contributed by atoms with Crippen LogP contribution in [0.5, 0.6) is 11.5 Å². The lowest BCUT2D eigenvalue weighted by atomic mass is 9.82. The first-order valence-corrected chi connectivity index (χ1v) is 18.2. The summed E-state index contributed by atoms with van der Waals surface area (Å²) in [5, 5.41) is 0.396. The molecule has 0 saturated carbocycles. The highest BCUT2D eigenvalue weighted by molar-refractivity contribution is 6.76. The Labute approximate surface area is 250 Å². The number of pyridine rings is 1. The van der Waals surface area contributed by atoms with Crippen molar-refractivity contribution in [1.82, 2.24) is 9.55 Å². The molecule has 4 aromatic rings. The summed E-state index contributed by atoms with van der Waals surface area (Å²) in [6.45, 7) is 10.8. The summed E-state index contributed by atoms with van der Waals surface area (Å²) in [7, 11) is -1.31. The third-order valence-corrected chi connectivity index (χ3v) is 9.39. The van der Waals surface area contributed by atoms with Crippen LogP contribution in [-0.4, -0.2) is 43.2 Å². The number of hydrogen-bond donors (Lipinski definition) is 0. The molecular weight excluding hydrogens is 573 g/mol. The summed E-state index contributed by atoms with van der Waals surface area (Å²) in [6.07, 6.45) is 4.09. The Bertz CT molecular complexity index is 1610. The van der Waals surface area contributed by atoms with Crippen LogP contribution in [0.1, 0.15) is 25.3 Å². The van der Waals surface area contributed by atoms with Crippen molar-refractivity contribution in [3.63, 3.8) is 0 Å². The van der Waals surface area contributed by atoms with Crippen LogP contribution in [0.15, 0.2) is 54.9 Å². The Morgan fingerprint density at radius 3 is 2.42 bits per heavy atom. The van der Waals surface area contributed by atoms with Crippen molar-refractivity contribution in [1.29, 1.82) is 0 Å². The number of benzene rings is 2. The van der Waals surface area contributed by atoms with E-state index < -0.39 is 31.3 Å². The van der Waals surface area contributed by atoms with E-state index in [1.807, 2.05) is 0 Å². The summed E-state index contributed by atoms with van der Waals surface area (Å²) in [5.41, 5.74) is 1.40. The Balaban J connectivity index is 1.42. The van der Waals surface area contributed by atoms with Crippen molar-refractivity contribution in [2.75, 3.05) is 19.8 Å². The first-order valence-electron chi connectivity index (χ1n) is 14.5. The fraction of sp³-hybridized carbons (Fsp3) is 0.394. The van der Waals surface area contributed by atoms with E-state index >= 15 is 8.78 Å². The summed E-state index contributed by atoms with van der Waals surface area (Å²) >= 11 is 0. The largest absolute Gasteiger partial charge is 0.450 e. The SMILES string of the molecule is CC1(CCC(=O)Cc2cc(F)c(Oc3ccnc4c3c(-c3ccccc3F)cn4COCC[Si](C)(C)C)c(F)c2)COC1. The predicted molar refractivity (Wildman–Crippen MR) is 163 cm³/mol. The number of carbonyl (C=O) groups excluding carboxylic acids is 1. The van der Waals surface area contributed by atoms with Gasteiger partial charge in [-0.05, 0) is 42.3 Å². The van der Waals surface area contributed by atoms with Crippen LogP contribution in [0.4, 0.5) is 13.2 Å². The van der Waals surface area contributed by atoms with Gasteiger partial charge in [0, 0.05) is 56.5 Å². The predicted octanol–water partition coefficient (Wildman–Crippen LogP) is 8.15. The lowest BCUT2D eigenvalue weighted by molar-refractivity contribution is -0.125. The molecule has 1 aliphatic heterocycles. The molecule has 10 heteroatoms. The van der Waals surface area contributed by atoms with Gasteiger partial charge in [-0.3, -0.25) is 4.79 Å². The van der Waals surface area contributed by atoms with Crippen LogP contribution in [0.25, 0.3) is 22.2 Å². The minimum absolute atomic E-state index is 0.0136. The Hall–Kier alpha value is -3.47. The van der Waals surface area contributed by atoms with Gasteiger partial charge in [0.05, 0.1) is 18.6 Å². The summed E-state index contributed by atoms with van der Waals surface area (Å²) in [6, 6.07) is 11.0. The lowest BCUT2D eigenvalue weighted by Crippen LogP contribution is -2.40. The summed E-state index contributed by atoms with van der Waals surface area (Å²) < 4.78 is 64.3. The van der Waals surface area contributed by atoms with Crippen LogP contribution in [0.3, 0.4) is 0 Å². The molecule has 43 heavy (non-hydrogen) atoms. The second kappa shape index (κ2) is 12.6. The zero-order valence-corrected chi connectivity index (χ0v) is 26.0.